The van der Waals surface area contributed by atoms with Crippen LogP contribution in [0.15, 0.2) is 48.5 Å². The van der Waals surface area contributed by atoms with E-state index in [1.165, 1.54) is 0 Å². The largest absolute Gasteiger partial charge is 0.481 e. The Morgan fingerprint density at radius 3 is 2.19 bits per heavy atom. The molecule has 2 aromatic rings. The first-order valence-electron chi connectivity index (χ1n) is 6.33. The van der Waals surface area contributed by atoms with Gasteiger partial charge in [0.1, 0.15) is 11.5 Å². The fourth-order valence-electron chi connectivity index (χ4n) is 1.93. The number of carboxylic acids is 2. The highest BCUT2D eigenvalue weighted by molar-refractivity contribution is 5.73. The van der Waals surface area contributed by atoms with Gasteiger partial charge in [-0.25, -0.2) is 0 Å². The molecule has 5 nitrogen and oxygen atoms in total. The van der Waals surface area contributed by atoms with Gasteiger partial charge in [0.15, 0.2) is 0 Å². The highest BCUT2D eigenvalue weighted by Gasteiger charge is 2.11. The van der Waals surface area contributed by atoms with Gasteiger partial charge in [-0.05, 0) is 23.8 Å². The molecule has 2 N–H and O–H groups in total. The van der Waals surface area contributed by atoms with Crippen LogP contribution >= 0.6 is 0 Å². The lowest BCUT2D eigenvalue weighted by atomic mass is 10.0. The Hall–Kier alpha value is -2.82. The van der Waals surface area contributed by atoms with E-state index in [4.69, 9.17) is 14.9 Å². The van der Waals surface area contributed by atoms with Crippen LogP contribution in [-0.4, -0.2) is 22.2 Å². The Morgan fingerprint density at radius 2 is 1.57 bits per heavy atom. The molecule has 0 saturated carbocycles. The molecule has 0 amide bonds. The van der Waals surface area contributed by atoms with Crippen LogP contribution in [0.2, 0.25) is 0 Å². The summed E-state index contributed by atoms with van der Waals surface area (Å²) in [7, 11) is 0. The SMILES string of the molecule is O=C(O)Cc1ccc(Oc2ccccc2)c(CC(=O)O)c1. The molecule has 0 spiro atoms. The molecular formula is C16H14O5. The van der Waals surface area contributed by atoms with Crippen LogP contribution in [0.5, 0.6) is 11.5 Å². The maximum atomic E-state index is 10.9. The van der Waals surface area contributed by atoms with E-state index in [2.05, 4.69) is 0 Å². The summed E-state index contributed by atoms with van der Waals surface area (Å²) < 4.78 is 5.66. The smallest absolute Gasteiger partial charge is 0.307 e. The molecule has 0 heterocycles. The fraction of sp³-hybridized carbons (Fsp3) is 0.125. The number of aliphatic carboxylic acids is 2. The van der Waals surface area contributed by atoms with Gasteiger partial charge in [0.25, 0.3) is 0 Å². The van der Waals surface area contributed by atoms with Crippen molar-refractivity contribution in [3.63, 3.8) is 0 Å². The first kappa shape index (κ1) is 14.6. The van der Waals surface area contributed by atoms with Crippen molar-refractivity contribution < 1.29 is 24.5 Å². The Morgan fingerprint density at radius 1 is 0.905 bits per heavy atom. The average Bonchev–Trinajstić information content (AvgIpc) is 2.41. The van der Waals surface area contributed by atoms with Gasteiger partial charge in [0, 0.05) is 5.56 Å². The van der Waals surface area contributed by atoms with Crippen LogP contribution < -0.4 is 4.74 Å². The van der Waals surface area contributed by atoms with Crippen LogP contribution in [0.1, 0.15) is 11.1 Å². The number of hydrogen-bond acceptors (Lipinski definition) is 3. The van der Waals surface area contributed by atoms with Crippen LogP contribution in [0.3, 0.4) is 0 Å². The second-order valence-corrected chi connectivity index (χ2v) is 4.50. The Bertz CT molecular complexity index is 649. The van der Waals surface area contributed by atoms with E-state index in [1.807, 2.05) is 18.2 Å². The highest BCUT2D eigenvalue weighted by Crippen LogP contribution is 2.27. The van der Waals surface area contributed by atoms with Crippen molar-refractivity contribution in [2.24, 2.45) is 0 Å². The molecule has 0 aliphatic rings. The zero-order valence-electron chi connectivity index (χ0n) is 11.2. The maximum Gasteiger partial charge on any atom is 0.307 e. The standard InChI is InChI=1S/C16H14O5/c17-15(18)9-11-6-7-14(12(8-11)10-16(19)20)21-13-4-2-1-3-5-13/h1-8H,9-10H2,(H,17,18)(H,19,20). The van der Waals surface area contributed by atoms with Gasteiger partial charge in [-0.2, -0.15) is 0 Å². The zero-order valence-corrected chi connectivity index (χ0v) is 11.2. The minimum atomic E-state index is -1.000. The monoisotopic (exact) mass is 286 g/mol. The summed E-state index contributed by atoms with van der Waals surface area (Å²) >= 11 is 0. The third kappa shape index (κ3) is 4.35. The number of ether oxygens (including phenoxy) is 1. The average molecular weight is 286 g/mol. The molecule has 2 aromatic carbocycles. The van der Waals surface area contributed by atoms with E-state index in [0.717, 1.165) is 0 Å². The molecule has 21 heavy (non-hydrogen) atoms. The van der Waals surface area contributed by atoms with Crippen molar-refractivity contribution >= 4 is 11.9 Å². The molecule has 0 unspecified atom stereocenters. The Labute approximate surface area is 121 Å². The van der Waals surface area contributed by atoms with E-state index in [9.17, 15) is 9.59 Å². The predicted molar refractivity (Wildman–Crippen MR) is 75.6 cm³/mol. The second-order valence-electron chi connectivity index (χ2n) is 4.50. The van der Waals surface area contributed by atoms with Gasteiger partial charge in [-0.1, -0.05) is 30.3 Å². The minimum absolute atomic E-state index is 0.155. The first-order valence-corrected chi connectivity index (χ1v) is 6.33. The molecule has 0 aromatic heterocycles. The number of para-hydroxylation sites is 1. The molecule has 0 bridgehead atoms. The third-order valence-corrected chi connectivity index (χ3v) is 2.79. The van der Waals surface area contributed by atoms with E-state index in [-0.39, 0.29) is 12.8 Å². The van der Waals surface area contributed by atoms with Crippen LogP contribution in [0.4, 0.5) is 0 Å². The van der Waals surface area contributed by atoms with E-state index in [1.54, 1.807) is 30.3 Å². The molecule has 0 aliphatic heterocycles. The number of carboxylic acid groups (broad SMARTS) is 2. The normalized spacial score (nSPS) is 10.1. The summed E-state index contributed by atoms with van der Waals surface area (Å²) in [6.07, 6.45) is -0.381. The number of benzene rings is 2. The van der Waals surface area contributed by atoms with Crippen molar-refractivity contribution in [2.75, 3.05) is 0 Å². The molecule has 0 fully saturated rings. The topological polar surface area (TPSA) is 83.8 Å². The van der Waals surface area contributed by atoms with Crippen LogP contribution in [0, 0.1) is 0 Å². The molecule has 108 valence electrons. The van der Waals surface area contributed by atoms with E-state index in [0.29, 0.717) is 22.6 Å². The van der Waals surface area contributed by atoms with Crippen molar-refractivity contribution in [2.45, 2.75) is 12.8 Å². The van der Waals surface area contributed by atoms with Crippen molar-refractivity contribution in [1.82, 2.24) is 0 Å². The summed E-state index contributed by atoms with van der Waals surface area (Å²) in [5.41, 5.74) is 0.990. The van der Waals surface area contributed by atoms with Gasteiger partial charge in [-0.15, -0.1) is 0 Å². The molecular weight excluding hydrogens is 272 g/mol. The molecule has 0 radical (unpaired) electrons. The van der Waals surface area contributed by atoms with E-state index >= 15 is 0 Å². The number of hydrogen-bond donors (Lipinski definition) is 2. The Balaban J connectivity index is 2.30. The lowest BCUT2D eigenvalue weighted by Crippen LogP contribution is -2.05. The van der Waals surface area contributed by atoms with Crippen molar-refractivity contribution in [3.05, 3.63) is 59.7 Å². The number of rotatable bonds is 6. The van der Waals surface area contributed by atoms with Crippen LogP contribution in [0.25, 0.3) is 0 Å². The minimum Gasteiger partial charge on any atom is -0.481 e. The fourth-order valence-corrected chi connectivity index (χ4v) is 1.93. The van der Waals surface area contributed by atoms with Gasteiger partial charge in [-0.3, -0.25) is 9.59 Å². The first-order chi connectivity index (χ1) is 10.0. The van der Waals surface area contributed by atoms with Crippen molar-refractivity contribution in [3.8, 4) is 11.5 Å². The summed E-state index contributed by atoms with van der Waals surface area (Å²) in [6.45, 7) is 0. The predicted octanol–water partition coefficient (Wildman–Crippen LogP) is 2.73. The van der Waals surface area contributed by atoms with Gasteiger partial charge < -0.3 is 14.9 Å². The third-order valence-electron chi connectivity index (χ3n) is 2.79. The van der Waals surface area contributed by atoms with Gasteiger partial charge in [0.05, 0.1) is 12.8 Å². The quantitative estimate of drug-likeness (QED) is 0.853. The van der Waals surface area contributed by atoms with Crippen LogP contribution in [-0.2, 0) is 22.4 Å². The highest BCUT2D eigenvalue weighted by atomic mass is 16.5. The molecule has 5 heteroatoms. The van der Waals surface area contributed by atoms with Gasteiger partial charge >= 0.3 is 11.9 Å². The van der Waals surface area contributed by atoms with E-state index < -0.39 is 11.9 Å². The van der Waals surface area contributed by atoms with Gasteiger partial charge in [0.2, 0.25) is 0 Å². The summed E-state index contributed by atoms with van der Waals surface area (Å²) in [5, 5.41) is 17.8. The lowest BCUT2D eigenvalue weighted by molar-refractivity contribution is -0.137. The maximum absolute atomic E-state index is 10.9. The van der Waals surface area contributed by atoms with Crippen molar-refractivity contribution in [1.29, 1.82) is 0 Å². The molecule has 0 atom stereocenters. The lowest BCUT2D eigenvalue weighted by Gasteiger charge is -2.11. The molecule has 0 saturated heterocycles. The molecule has 2 rings (SSSR count). The Kier molecular flexibility index (Phi) is 4.56. The summed E-state index contributed by atoms with van der Waals surface area (Å²) in [5.74, 6) is -0.957. The second kappa shape index (κ2) is 6.56. The summed E-state index contributed by atoms with van der Waals surface area (Å²) in [6, 6.07) is 13.8. The zero-order chi connectivity index (χ0) is 15.2. The number of carbonyl (C=O) groups is 2. The molecule has 0 aliphatic carbocycles. The summed E-state index contributed by atoms with van der Waals surface area (Å²) in [4.78, 5) is 21.7.